The van der Waals surface area contributed by atoms with Crippen LogP contribution in [-0.2, 0) is 4.79 Å². The molecule has 2 rings (SSSR count). The van der Waals surface area contributed by atoms with E-state index < -0.39 is 5.41 Å². The van der Waals surface area contributed by atoms with Crippen molar-refractivity contribution in [3.05, 3.63) is 11.3 Å². The molecule has 0 saturated carbocycles. The second-order valence-corrected chi connectivity index (χ2v) is 6.68. The standard InChI is InChI=1S/C14H22ClN5O/c1-14(2,13(17)21)6-9-4-3-5-20(7-9)12-10(15)11(16)18-8-19-12/h8-9H,3-7H2,1-2H3,(H2,17,21)(H2,16,18,19). The van der Waals surface area contributed by atoms with E-state index in [1.165, 1.54) is 6.33 Å². The fraction of sp³-hybridized carbons (Fsp3) is 0.643. The van der Waals surface area contributed by atoms with Crippen LogP contribution in [0.3, 0.4) is 0 Å². The van der Waals surface area contributed by atoms with Crippen LogP contribution in [0.15, 0.2) is 6.33 Å². The first-order valence-electron chi connectivity index (χ1n) is 7.12. The molecule has 1 amide bonds. The molecule has 0 aliphatic carbocycles. The molecule has 1 aromatic heterocycles. The van der Waals surface area contributed by atoms with Crippen molar-refractivity contribution in [2.75, 3.05) is 23.7 Å². The Balaban J connectivity index is 2.11. The zero-order valence-electron chi connectivity index (χ0n) is 12.5. The Morgan fingerprint density at radius 2 is 2.24 bits per heavy atom. The lowest BCUT2D eigenvalue weighted by Crippen LogP contribution is -2.40. The van der Waals surface area contributed by atoms with Crippen LogP contribution in [0.2, 0.25) is 5.02 Å². The molecule has 1 aliphatic heterocycles. The second kappa shape index (κ2) is 6.05. The van der Waals surface area contributed by atoms with Gasteiger partial charge in [-0.05, 0) is 25.2 Å². The largest absolute Gasteiger partial charge is 0.382 e. The van der Waals surface area contributed by atoms with Gasteiger partial charge in [-0.1, -0.05) is 25.4 Å². The predicted molar refractivity (Wildman–Crippen MR) is 84.0 cm³/mol. The van der Waals surface area contributed by atoms with Crippen LogP contribution < -0.4 is 16.4 Å². The molecule has 6 nitrogen and oxygen atoms in total. The number of piperidine rings is 1. The fourth-order valence-corrected chi connectivity index (χ4v) is 3.06. The van der Waals surface area contributed by atoms with Gasteiger partial charge in [-0.2, -0.15) is 0 Å². The van der Waals surface area contributed by atoms with Crippen molar-refractivity contribution in [2.45, 2.75) is 33.1 Å². The number of halogens is 1. The summed E-state index contributed by atoms with van der Waals surface area (Å²) in [5, 5.41) is 0.396. The average molecular weight is 312 g/mol. The molecular formula is C14H22ClN5O. The molecule has 116 valence electrons. The number of primary amides is 1. The molecule has 0 bridgehead atoms. The topological polar surface area (TPSA) is 98.1 Å². The van der Waals surface area contributed by atoms with E-state index in [9.17, 15) is 4.79 Å². The molecule has 0 spiro atoms. The molecule has 1 unspecified atom stereocenters. The van der Waals surface area contributed by atoms with Crippen LogP contribution in [0, 0.1) is 11.3 Å². The van der Waals surface area contributed by atoms with Gasteiger partial charge < -0.3 is 16.4 Å². The predicted octanol–water partition coefficient (Wildman–Crippen LogP) is 1.83. The van der Waals surface area contributed by atoms with Gasteiger partial charge in [-0.3, -0.25) is 4.79 Å². The van der Waals surface area contributed by atoms with E-state index in [1.807, 2.05) is 13.8 Å². The number of rotatable bonds is 4. The summed E-state index contributed by atoms with van der Waals surface area (Å²) in [4.78, 5) is 21.7. The van der Waals surface area contributed by atoms with E-state index >= 15 is 0 Å². The first-order valence-corrected chi connectivity index (χ1v) is 7.50. The minimum atomic E-state index is -0.498. The molecule has 4 N–H and O–H groups in total. The molecule has 7 heteroatoms. The Hall–Kier alpha value is -1.56. The normalized spacial score (nSPS) is 19.6. The number of carbonyl (C=O) groups excluding carboxylic acids is 1. The zero-order chi connectivity index (χ0) is 15.6. The van der Waals surface area contributed by atoms with Crippen LogP contribution >= 0.6 is 11.6 Å². The van der Waals surface area contributed by atoms with Crippen molar-refractivity contribution in [1.29, 1.82) is 0 Å². The van der Waals surface area contributed by atoms with Gasteiger partial charge >= 0.3 is 0 Å². The first-order chi connectivity index (χ1) is 9.81. The summed E-state index contributed by atoms with van der Waals surface area (Å²) in [5.74, 6) is 1.09. The Morgan fingerprint density at radius 3 is 2.90 bits per heavy atom. The number of carbonyl (C=O) groups is 1. The summed E-state index contributed by atoms with van der Waals surface area (Å²) in [6, 6.07) is 0. The maximum absolute atomic E-state index is 11.5. The number of amides is 1. The van der Waals surface area contributed by atoms with Crippen molar-refractivity contribution < 1.29 is 4.79 Å². The molecule has 0 aromatic carbocycles. The van der Waals surface area contributed by atoms with Crippen LogP contribution in [0.25, 0.3) is 0 Å². The van der Waals surface area contributed by atoms with Crippen LogP contribution in [-0.4, -0.2) is 29.0 Å². The lowest BCUT2D eigenvalue weighted by molar-refractivity contribution is -0.126. The van der Waals surface area contributed by atoms with E-state index in [2.05, 4.69) is 14.9 Å². The Kier molecular flexibility index (Phi) is 4.56. The highest BCUT2D eigenvalue weighted by Crippen LogP contribution is 2.34. The Bertz CT molecular complexity index is 534. The Morgan fingerprint density at radius 1 is 1.52 bits per heavy atom. The molecule has 1 fully saturated rings. The van der Waals surface area contributed by atoms with Gasteiger partial charge in [0.1, 0.15) is 17.2 Å². The highest BCUT2D eigenvalue weighted by Gasteiger charge is 2.32. The number of anilines is 2. The average Bonchev–Trinajstić information content (AvgIpc) is 2.41. The highest BCUT2D eigenvalue weighted by molar-refractivity contribution is 6.35. The maximum atomic E-state index is 11.5. The smallest absolute Gasteiger partial charge is 0.223 e. The summed E-state index contributed by atoms with van der Waals surface area (Å²) in [5.41, 5.74) is 10.7. The molecule has 1 atom stereocenters. The quantitative estimate of drug-likeness (QED) is 0.884. The summed E-state index contributed by atoms with van der Waals surface area (Å²) >= 11 is 6.19. The summed E-state index contributed by atoms with van der Waals surface area (Å²) < 4.78 is 0. The monoisotopic (exact) mass is 311 g/mol. The molecule has 0 radical (unpaired) electrons. The zero-order valence-corrected chi connectivity index (χ0v) is 13.2. The van der Waals surface area contributed by atoms with Crippen molar-refractivity contribution in [3.8, 4) is 0 Å². The molecule has 21 heavy (non-hydrogen) atoms. The number of hydrogen-bond acceptors (Lipinski definition) is 5. The number of aromatic nitrogens is 2. The number of nitrogens with two attached hydrogens (primary N) is 2. The van der Waals surface area contributed by atoms with Crippen LogP contribution in [0.5, 0.6) is 0 Å². The van der Waals surface area contributed by atoms with E-state index in [-0.39, 0.29) is 5.91 Å². The van der Waals surface area contributed by atoms with Gasteiger partial charge in [-0.25, -0.2) is 9.97 Å². The van der Waals surface area contributed by atoms with E-state index in [4.69, 9.17) is 23.1 Å². The van der Waals surface area contributed by atoms with E-state index in [0.29, 0.717) is 22.6 Å². The minimum absolute atomic E-state index is 0.260. The van der Waals surface area contributed by atoms with Crippen molar-refractivity contribution in [1.82, 2.24) is 9.97 Å². The maximum Gasteiger partial charge on any atom is 0.223 e. The van der Waals surface area contributed by atoms with Crippen LogP contribution in [0.4, 0.5) is 11.6 Å². The number of nitrogens with zero attached hydrogens (tertiary/aromatic N) is 3. The van der Waals surface area contributed by atoms with Gasteiger partial charge in [0.25, 0.3) is 0 Å². The Labute approximate surface area is 129 Å². The molecule has 1 aliphatic rings. The second-order valence-electron chi connectivity index (χ2n) is 6.30. The number of hydrogen-bond donors (Lipinski definition) is 2. The van der Waals surface area contributed by atoms with Crippen molar-refractivity contribution >= 4 is 29.1 Å². The van der Waals surface area contributed by atoms with Gasteiger partial charge in [-0.15, -0.1) is 0 Å². The minimum Gasteiger partial charge on any atom is -0.382 e. The fourth-order valence-electron chi connectivity index (χ4n) is 2.84. The molecular weight excluding hydrogens is 290 g/mol. The van der Waals surface area contributed by atoms with Crippen LogP contribution in [0.1, 0.15) is 33.1 Å². The van der Waals surface area contributed by atoms with E-state index in [0.717, 1.165) is 32.4 Å². The van der Waals surface area contributed by atoms with Gasteiger partial charge in [0.05, 0.1) is 0 Å². The third-order valence-electron chi connectivity index (χ3n) is 4.08. The van der Waals surface area contributed by atoms with Gasteiger partial charge in [0.15, 0.2) is 5.82 Å². The summed E-state index contributed by atoms with van der Waals surface area (Å²) in [6.45, 7) is 5.46. The summed E-state index contributed by atoms with van der Waals surface area (Å²) in [7, 11) is 0. The van der Waals surface area contributed by atoms with Gasteiger partial charge in [0.2, 0.25) is 5.91 Å². The lowest BCUT2D eigenvalue weighted by Gasteiger charge is -2.36. The first kappa shape index (κ1) is 15.8. The third-order valence-corrected chi connectivity index (χ3v) is 4.45. The molecule has 1 saturated heterocycles. The number of nitrogen functional groups attached to an aromatic ring is 1. The van der Waals surface area contributed by atoms with E-state index in [1.54, 1.807) is 0 Å². The molecule has 2 heterocycles. The van der Waals surface area contributed by atoms with Gasteiger partial charge in [0, 0.05) is 18.5 Å². The SMILES string of the molecule is CC(C)(CC1CCCN(c2ncnc(N)c2Cl)C1)C(N)=O. The lowest BCUT2D eigenvalue weighted by atomic mass is 9.79. The molecule has 1 aromatic rings. The summed E-state index contributed by atoms with van der Waals surface area (Å²) in [6.07, 6.45) is 4.29. The van der Waals surface area contributed by atoms with Crippen molar-refractivity contribution in [2.24, 2.45) is 17.1 Å². The van der Waals surface area contributed by atoms with Crippen molar-refractivity contribution in [3.63, 3.8) is 0 Å². The highest BCUT2D eigenvalue weighted by atomic mass is 35.5. The third kappa shape index (κ3) is 3.56.